The number of anilines is 1. The highest BCUT2D eigenvalue weighted by molar-refractivity contribution is 9.10. The zero-order valence-corrected chi connectivity index (χ0v) is 18.3. The fraction of sp³-hybridized carbons (Fsp3) is 0.182. The van der Waals surface area contributed by atoms with Crippen molar-refractivity contribution in [1.82, 2.24) is 0 Å². The molecule has 0 fully saturated rings. The van der Waals surface area contributed by atoms with E-state index in [9.17, 15) is 4.39 Å². The molecule has 0 aliphatic rings. The van der Waals surface area contributed by atoms with Crippen molar-refractivity contribution >= 4 is 33.2 Å². The van der Waals surface area contributed by atoms with Crippen molar-refractivity contribution < 1.29 is 18.6 Å². The van der Waals surface area contributed by atoms with Gasteiger partial charge in [0.1, 0.15) is 18.2 Å². The lowest BCUT2D eigenvalue weighted by molar-refractivity contribution is 0.276. The second-order valence-corrected chi connectivity index (χ2v) is 7.40. The van der Waals surface area contributed by atoms with Crippen molar-refractivity contribution in [1.29, 1.82) is 0 Å². The molecule has 29 heavy (non-hydrogen) atoms. The minimum atomic E-state index is -0.311. The van der Waals surface area contributed by atoms with Crippen LogP contribution in [0.15, 0.2) is 59.1 Å². The molecule has 3 rings (SSSR count). The van der Waals surface area contributed by atoms with Gasteiger partial charge in [-0.25, -0.2) is 4.39 Å². The van der Waals surface area contributed by atoms with Gasteiger partial charge in [0.2, 0.25) is 0 Å². The molecule has 0 aromatic heterocycles. The van der Waals surface area contributed by atoms with E-state index in [4.69, 9.17) is 25.8 Å². The summed E-state index contributed by atoms with van der Waals surface area (Å²) >= 11 is 9.77. The lowest BCUT2D eigenvalue weighted by atomic mass is 10.1. The molecular weight excluding hydrogens is 461 g/mol. The van der Waals surface area contributed by atoms with E-state index in [1.54, 1.807) is 50.6 Å². The summed E-state index contributed by atoms with van der Waals surface area (Å²) in [4.78, 5) is 0. The second-order valence-electron chi connectivity index (χ2n) is 6.14. The third-order valence-corrected chi connectivity index (χ3v) is 5.38. The highest BCUT2D eigenvalue weighted by Crippen LogP contribution is 2.37. The van der Waals surface area contributed by atoms with E-state index in [2.05, 4.69) is 21.2 Å². The predicted molar refractivity (Wildman–Crippen MR) is 117 cm³/mol. The molecule has 3 aromatic rings. The van der Waals surface area contributed by atoms with Crippen LogP contribution < -0.4 is 19.5 Å². The maximum atomic E-state index is 14.0. The van der Waals surface area contributed by atoms with Gasteiger partial charge in [0, 0.05) is 27.8 Å². The van der Waals surface area contributed by atoms with E-state index in [-0.39, 0.29) is 12.4 Å². The monoisotopic (exact) mass is 479 g/mol. The summed E-state index contributed by atoms with van der Waals surface area (Å²) in [6, 6.07) is 15.7. The van der Waals surface area contributed by atoms with Gasteiger partial charge in [-0.05, 0) is 36.4 Å². The van der Waals surface area contributed by atoms with Gasteiger partial charge in [0.25, 0.3) is 0 Å². The van der Waals surface area contributed by atoms with Gasteiger partial charge in [-0.3, -0.25) is 0 Å². The third-order valence-electron chi connectivity index (χ3n) is 4.34. The minimum Gasteiger partial charge on any atom is -0.495 e. The molecule has 1 N–H and O–H groups in total. The molecule has 0 amide bonds. The second kappa shape index (κ2) is 9.85. The molecule has 0 aliphatic heterocycles. The van der Waals surface area contributed by atoms with Crippen LogP contribution in [0.5, 0.6) is 17.2 Å². The first-order chi connectivity index (χ1) is 14.0. The van der Waals surface area contributed by atoms with Crippen LogP contribution in [-0.2, 0) is 13.2 Å². The van der Waals surface area contributed by atoms with Crippen molar-refractivity contribution in [3.05, 3.63) is 81.0 Å². The number of hydrogen-bond acceptors (Lipinski definition) is 4. The fourth-order valence-corrected chi connectivity index (χ4v) is 3.51. The summed E-state index contributed by atoms with van der Waals surface area (Å²) in [5, 5.41) is 3.83. The van der Waals surface area contributed by atoms with Crippen LogP contribution in [0.3, 0.4) is 0 Å². The quantitative estimate of drug-likeness (QED) is 0.402. The molecule has 152 valence electrons. The van der Waals surface area contributed by atoms with Crippen molar-refractivity contribution in [3.63, 3.8) is 0 Å². The van der Waals surface area contributed by atoms with E-state index in [0.717, 1.165) is 15.7 Å². The van der Waals surface area contributed by atoms with E-state index >= 15 is 0 Å². The Balaban J connectivity index is 1.83. The maximum absolute atomic E-state index is 14.0. The fourth-order valence-electron chi connectivity index (χ4n) is 2.80. The molecule has 0 saturated heterocycles. The van der Waals surface area contributed by atoms with Crippen LogP contribution in [0, 0.1) is 5.82 Å². The number of rotatable bonds is 8. The SMILES string of the molecule is COc1ccc(NCc2c(Br)ccc(OC)c2OCc2ccccc2F)cc1Cl. The average Bonchev–Trinajstić information content (AvgIpc) is 2.72. The number of methoxy groups -OCH3 is 2. The Kier molecular flexibility index (Phi) is 7.23. The molecular formula is C22H20BrClFNO3. The Bertz CT molecular complexity index is 1000. The van der Waals surface area contributed by atoms with Crippen molar-refractivity contribution in [2.45, 2.75) is 13.2 Å². The lowest BCUT2D eigenvalue weighted by Gasteiger charge is -2.18. The first kappa shape index (κ1) is 21.3. The molecule has 0 unspecified atom stereocenters. The first-order valence-corrected chi connectivity index (χ1v) is 9.99. The molecule has 0 radical (unpaired) electrons. The molecule has 0 heterocycles. The number of nitrogens with one attached hydrogen (secondary N) is 1. The minimum absolute atomic E-state index is 0.0842. The van der Waals surface area contributed by atoms with Gasteiger partial charge < -0.3 is 19.5 Å². The van der Waals surface area contributed by atoms with E-state index in [0.29, 0.717) is 34.4 Å². The third kappa shape index (κ3) is 5.14. The van der Waals surface area contributed by atoms with Gasteiger partial charge in [0.15, 0.2) is 11.5 Å². The number of ether oxygens (including phenoxy) is 3. The van der Waals surface area contributed by atoms with E-state index < -0.39 is 0 Å². The Morgan fingerprint density at radius 3 is 2.41 bits per heavy atom. The summed E-state index contributed by atoms with van der Waals surface area (Å²) in [6.45, 7) is 0.522. The van der Waals surface area contributed by atoms with Crippen LogP contribution in [0.1, 0.15) is 11.1 Å². The Labute approximate surface area is 182 Å². The topological polar surface area (TPSA) is 39.7 Å². The van der Waals surface area contributed by atoms with Crippen LogP contribution in [-0.4, -0.2) is 14.2 Å². The predicted octanol–water partition coefficient (Wildman–Crippen LogP) is 6.45. The zero-order valence-electron chi connectivity index (χ0n) is 16.0. The zero-order chi connectivity index (χ0) is 20.8. The summed E-state index contributed by atoms with van der Waals surface area (Å²) in [5.41, 5.74) is 2.13. The molecule has 4 nitrogen and oxygen atoms in total. The molecule has 0 atom stereocenters. The van der Waals surface area contributed by atoms with Gasteiger partial charge >= 0.3 is 0 Å². The van der Waals surface area contributed by atoms with Crippen molar-refractivity contribution in [2.75, 3.05) is 19.5 Å². The average molecular weight is 481 g/mol. The largest absolute Gasteiger partial charge is 0.495 e. The standard InChI is InChI=1S/C22H20BrClFNO3/c1-27-20-9-7-15(11-18(20)24)26-12-16-17(23)8-10-21(28-2)22(16)29-13-14-5-3-4-6-19(14)25/h3-11,26H,12-13H2,1-2H3. The highest BCUT2D eigenvalue weighted by Gasteiger charge is 2.16. The van der Waals surface area contributed by atoms with Gasteiger partial charge in [-0.15, -0.1) is 0 Å². The molecule has 3 aromatic carbocycles. The molecule has 0 aliphatic carbocycles. The van der Waals surface area contributed by atoms with Gasteiger partial charge in [-0.1, -0.05) is 45.7 Å². The van der Waals surface area contributed by atoms with Crippen molar-refractivity contribution in [3.8, 4) is 17.2 Å². The van der Waals surface area contributed by atoms with E-state index in [1.807, 2.05) is 12.1 Å². The Hall–Kier alpha value is -2.44. The van der Waals surface area contributed by atoms with Crippen molar-refractivity contribution in [2.24, 2.45) is 0 Å². The number of hydrogen-bond donors (Lipinski definition) is 1. The first-order valence-electron chi connectivity index (χ1n) is 8.82. The molecule has 0 saturated carbocycles. The molecule has 0 bridgehead atoms. The smallest absolute Gasteiger partial charge is 0.167 e. The van der Waals surface area contributed by atoms with Gasteiger partial charge in [-0.2, -0.15) is 0 Å². The molecule has 7 heteroatoms. The van der Waals surface area contributed by atoms with E-state index in [1.165, 1.54) is 6.07 Å². The highest BCUT2D eigenvalue weighted by atomic mass is 79.9. The number of halogens is 3. The summed E-state index contributed by atoms with van der Waals surface area (Å²) in [7, 11) is 3.14. The summed E-state index contributed by atoms with van der Waals surface area (Å²) < 4.78 is 31.4. The van der Waals surface area contributed by atoms with Crippen LogP contribution in [0.4, 0.5) is 10.1 Å². The van der Waals surface area contributed by atoms with Crippen LogP contribution in [0.2, 0.25) is 5.02 Å². The summed E-state index contributed by atoms with van der Waals surface area (Å²) in [5.74, 6) is 1.40. The normalized spacial score (nSPS) is 10.5. The lowest BCUT2D eigenvalue weighted by Crippen LogP contribution is -2.07. The number of benzene rings is 3. The summed E-state index contributed by atoms with van der Waals surface area (Å²) in [6.07, 6.45) is 0. The van der Waals surface area contributed by atoms with Crippen LogP contribution >= 0.6 is 27.5 Å². The Morgan fingerprint density at radius 2 is 1.72 bits per heavy atom. The van der Waals surface area contributed by atoms with Gasteiger partial charge in [0.05, 0.1) is 19.2 Å². The Morgan fingerprint density at radius 1 is 1.00 bits per heavy atom. The molecule has 0 spiro atoms. The maximum Gasteiger partial charge on any atom is 0.167 e. The van der Waals surface area contributed by atoms with Crippen LogP contribution in [0.25, 0.3) is 0 Å².